The Kier molecular flexibility index (Phi) is 3.63. The highest BCUT2D eigenvalue weighted by atomic mass is 32.2. The molecule has 4 rings (SSSR count). The minimum absolute atomic E-state index is 0.0809. The van der Waals surface area contributed by atoms with Crippen LogP contribution in [-0.2, 0) is 10.0 Å². The van der Waals surface area contributed by atoms with Gasteiger partial charge in [0.05, 0.1) is 15.9 Å². The highest BCUT2D eigenvalue weighted by molar-refractivity contribution is 7.89. The smallest absolute Gasteiger partial charge is 0.238 e. The predicted octanol–water partition coefficient (Wildman–Crippen LogP) is 3.54. The number of primary sulfonamides is 1. The van der Waals surface area contributed by atoms with E-state index in [1.807, 2.05) is 48.5 Å². The normalized spacial score (nSPS) is 11.7. The fourth-order valence-electron chi connectivity index (χ4n) is 2.82. The molecule has 0 saturated heterocycles. The van der Waals surface area contributed by atoms with Crippen LogP contribution in [0, 0.1) is 0 Å². The molecule has 3 aromatic carbocycles. The molecule has 0 fully saturated rings. The number of hydrogen-bond donors (Lipinski definition) is 2. The number of aromatic amines is 1. The number of nitrogens with zero attached hydrogens (tertiary/aromatic N) is 1. The van der Waals surface area contributed by atoms with Gasteiger partial charge in [-0.3, -0.25) is 0 Å². The molecule has 0 bridgehead atoms. The van der Waals surface area contributed by atoms with E-state index in [0.717, 1.165) is 27.7 Å². The monoisotopic (exact) mass is 349 g/mol. The molecule has 3 N–H and O–H groups in total. The van der Waals surface area contributed by atoms with Crippen molar-refractivity contribution in [3.63, 3.8) is 0 Å². The summed E-state index contributed by atoms with van der Waals surface area (Å²) in [5.41, 5.74) is 4.73. The van der Waals surface area contributed by atoms with Gasteiger partial charge in [-0.15, -0.1) is 0 Å². The van der Waals surface area contributed by atoms with E-state index in [1.54, 1.807) is 12.1 Å². The Hall–Kier alpha value is -2.96. The molecule has 0 saturated carbocycles. The second-order valence-corrected chi connectivity index (χ2v) is 7.28. The lowest BCUT2D eigenvalue weighted by Crippen LogP contribution is -2.11. The first-order chi connectivity index (χ1) is 12.0. The molecule has 6 heteroatoms. The van der Waals surface area contributed by atoms with Gasteiger partial charge in [0, 0.05) is 11.1 Å². The van der Waals surface area contributed by atoms with Gasteiger partial charge >= 0.3 is 0 Å². The van der Waals surface area contributed by atoms with Gasteiger partial charge in [-0.25, -0.2) is 18.5 Å². The van der Waals surface area contributed by atoms with Gasteiger partial charge in [-0.1, -0.05) is 42.5 Å². The molecule has 0 aliphatic rings. The van der Waals surface area contributed by atoms with E-state index >= 15 is 0 Å². The van der Waals surface area contributed by atoms with Crippen LogP contribution in [0.4, 0.5) is 0 Å². The van der Waals surface area contributed by atoms with E-state index in [2.05, 4.69) is 4.98 Å². The second-order valence-electron chi connectivity index (χ2n) is 5.72. The highest BCUT2D eigenvalue weighted by Gasteiger charge is 2.12. The van der Waals surface area contributed by atoms with Crippen molar-refractivity contribution in [1.29, 1.82) is 0 Å². The predicted molar refractivity (Wildman–Crippen MR) is 98.3 cm³/mol. The molecule has 4 aromatic rings. The fourth-order valence-corrected chi connectivity index (χ4v) is 3.34. The lowest BCUT2D eigenvalue weighted by atomic mass is 10.0. The standard InChI is InChI=1S/C19H15N3O2S/c20-25(23,24)15-11-9-14(10-12-15)19-21-17-8-4-7-16(18(17)22-19)13-5-2-1-3-6-13/h1-12H,(H,21,22)(H2,20,23,24). The van der Waals surface area contributed by atoms with Crippen LogP contribution in [0.3, 0.4) is 0 Å². The van der Waals surface area contributed by atoms with Crippen LogP contribution in [-0.4, -0.2) is 18.4 Å². The van der Waals surface area contributed by atoms with Crippen molar-refractivity contribution in [3.05, 3.63) is 72.8 Å². The average Bonchev–Trinajstić information content (AvgIpc) is 3.06. The molecule has 0 amide bonds. The Morgan fingerprint density at radius 1 is 0.800 bits per heavy atom. The number of rotatable bonds is 3. The molecule has 0 unspecified atom stereocenters. The van der Waals surface area contributed by atoms with Crippen molar-refractivity contribution >= 4 is 21.1 Å². The maximum atomic E-state index is 11.4. The number of nitrogens with two attached hydrogens (primary N) is 1. The molecule has 5 nitrogen and oxygen atoms in total. The number of para-hydroxylation sites is 1. The van der Waals surface area contributed by atoms with Gasteiger partial charge in [0.1, 0.15) is 5.82 Å². The van der Waals surface area contributed by atoms with Crippen LogP contribution in [0.15, 0.2) is 77.7 Å². The van der Waals surface area contributed by atoms with Gasteiger partial charge in [-0.2, -0.15) is 0 Å². The molecule has 1 heterocycles. The lowest BCUT2D eigenvalue weighted by molar-refractivity contribution is 0.598. The minimum Gasteiger partial charge on any atom is -0.338 e. The first kappa shape index (κ1) is 15.6. The summed E-state index contributed by atoms with van der Waals surface area (Å²) in [4.78, 5) is 8.08. The van der Waals surface area contributed by atoms with Gasteiger partial charge in [0.25, 0.3) is 0 Å². The van der Waals surface area contributed by atoms with E-state index in [0.29, 0.717) is 5.82 Å². The Morgan fingerprint density at radius 3 is 2.20 bits per heavy atom. The van der Waals surface area contributed by atoms with Gasteiger partial charge in [-0.05, 0) is 35.9 Å². The zero-order chi connectivity index (χ0) is 17.4. The molecule has 0 radical (unpaired) electrons. The number of aromatic nitrogens is 2. The molecular formula is C19H15N3O2S. The van der Waals surface area contributed by atoms with Crippen LogP contribution >= 0.6 is 0 Å². The summed E-state index contributed by atoms with van der Waals surface area (Å²) in [7, 11) is -3.70. The topological polar surface area (TPSA) is 88.8 Å². The lowest BCUT2D eigenvalue weighted by Gasteiger charge is -2.01. The third-order valence-corrected chi connectivity index (χ3v) is 4.98. The van der Waals surface area contributed by atoms with Crippen molar-refractivity contribution in [2.24, 2.45) is 5.14 Å². The fraction of sp³-hybridized carbons (Fsp3) is 0. The largest absolute Gasteiger partial charge is 0.338 e. The third-order valence-electron chi connectivity index (χ3n) is 4.05. The summed E-state index contributed by atoms with van der Waals surface area (Å²) in [6.07, 6.45) is 0. The quantitative estimate of drug-likeness (QED) is 0.593. The molecule has 1 aromatic heterocycles. The van der Waals surface area contributed by atoms with E-state index in [-0.39, 0.29) is 4.90 Å². The van der Waals surface area contributed by atoms with E-state index in [1.165, 1.54) is 12.1 Å². The maximum Gasteiger partial charge on any atom is 0.238 e. The summed E-state index contributed by atoms with van der Waals surface area (Å²) in [5.74, 6) is 0.680. The number of hydrogen-bond acceptors (Lipinski definition) is 3. The number of benzene rings is 3. The Labute approximate surface area is 145 Å². The Balaban J connectivity index is 1.82. The first-order valence-electron chi connectivity index (χ1n) is 7.70. The van der Waals surface area contributed by atoms with Crippen molar-refractivity contribution in [2.45, 2.75) is 4.90 Å². The van der Waals surface area contributed by atoms with Crippen LogP contribution in [0.2, 0.25) is 0 Å². The van der Waals surface area contributed by atoms with Gasteiger partial charge in [0.2, 0.25) is 10.0 Å². The number of H-pyrrole nitrogens is 1. The first-order valence-corrected chi connectivity index (χ1v) is 9.24. The average molecular weight is 349 g/mol. The summed E-state index contributed by atoms with van der Waals surface area (Å²) >= 11 is 0. The van der Waals surface area contributed by atoms with Crippen molar-refractivity contribution in [3.8, 4) is 22.5 Å². The minimum atomic E-state index is -3.70. The zero-order valence-corrected chi connectivity index (χ0v) is 14.0. The van der Waals surface area contributed by atoms with Crippen LogP contribution in [0.1, 0.15) is 0 Å². The van der Waals surface area contributed by atoms with E-state index in [4.69, 9.17) is 10.1 Å². The van der Waals surface area contributed by atoms with E-state index in [9.17, 15) is 8.42 Å². The molecule has 0 aliphatic heterocycles. The van der Waals surface area contributed by atoms with Crippen molar-refractivity contribution in [1.82, 2.24) is 9.97 Å². The summed E-state index contributed by atoms with van der Waals surface area (Å²) in [5, 5.41) is 5.14. The number of fused-ring (bicyclic) bond motifs is 1. The molecule has 124 valence electrons. The molecule has 0 aliphatic carbocycles. The molecule has 25 heavy (non-hydrogen) atoms. The third kappa shape index (κ3) is 2.93. The number of nitrogens with one attached hydrogen (secondary N) is 1. The molecule has 0 atom stereocenters. The zero-order valence-electron chi connectivity index (χ0n) is 13.2. The Morgan fingerprint density at radius 2 is 1.52 bits per heavy atom. The number of imidazole rings is 1. The van der Waals surface area contributed by atoms with E-state index < -0.39 is 10.0 Å². The number of sulfonamides is 1. The van der Waals surface area contributed by atoms with Crippen LogP contribution in [0.5, 0.6) is 0 Å². The van der Waals surface area contributed by atoms with Crippen LogP contribution < -0.4 is 5.14 Å². The maximum absolute atomic E-state index is 11.4. The summed E-state index contributed by atoms with van der Waals surface area (Å²) in [6.45, 7) is 0. The Bertz CT molecular complexity index is 1150. The molecular weight excluding hydrogens is 334 g/mol. The van der Waals surface area contributed by atoms with Crippen molar-refractivity contribution < 1.29 is 8.42 Å². The second kappa shape index (κ2) is 5.84. The van der Waals surface area contributed by atoms with Crippen LogP contribution in [0.25, 0.3) is 33.5 Å². The van der Waals surface area contributed by atoms with Gasteiger partial charge < -0.3 is 4.98 Å². The molecule has 0 spiro atoms. The van der Waals surface area contributed by atoms with Crippen molar-refractivity contribution in [2.75, 3.05) is 0 Å². The van der Waals surface area contributed by atoms with Gasteiger partial charge in [0.15, 0.2) is 0 Å². The summed E-state index contributed by atoms with van der Waals surface area (Å²) in [6, 6.07) is 22.4. The SMILES string of the molecule is NS(=O)(=O)c1ccc(-c2nc3c(-c4ccccc4)cccc3[nH]2)cc1. The summed E-state index contributed by atoms with van der Waals surface area (Å²) < 4.78 is 22.8. The highest BCUT2D eigenvalue weighted by Crippen LogP contribution is 2.29.